The topological polar surface area (TPSA) is 139 Å². The van der Waals surface area contributed by atoms with E-state index in [1.807, 2.05) is 64.4 Å². The highest BCUT2D eigenvalue weighted by molar-refractivity contribution is 7.13. The van der Waals surface area contributed by atoms with Crippen molar-refractivity contribution in [1.82, 2.24) is 35.0 Å². The molecular weight excluding hydrogens is 982 g/mol. The molecule has 1 aliphatic carbocycles. The molecule has 9 rings (SSSR count). The summed E-state index contributed by atoms with van der Waals surface area (Å²) in [6.45, 7) is 28.7. The van der Waals surface area contributed by atoms with Crippen LogP contribution < -0.4 is 16.2 Å². The van der Waals surface area contributed by atoms with Gasteiger partial charge < -0.3 is 24.9 Å². The van der Waals surface area contributed by atoms with Crippen molar-refractivity contribution in [2.45, 2.75) is 168 Å². The number of halogens is 1. The highest BCUT2D eigenvalue weighted by Gasteiger charge is 2.49. The number of hydrogen-bond donors (Lipinski definition) is 2. The van der Waals surface area contributed by atoms with Crippen molar-refractivity contribution in [2.75, 3.05) is 26.2 Å². The van der Waals surface area contributed by atoms with E-state index in [9.17, 15) is 14.4 Å². The van der Waals surface area contributed by atoms with Gasteiger partial charge in [-0.2, -0.15) is 4.98 Å². The summed E-state index contributed by atoms with van der Waals surface area (Å²) in [5.41, 5.74) is 7.95. The number of piperidine rings is 1. The Bertz CT molecular complexity index is 2980. The third kappa shape index (κ3) is 10.7. The Morgan fingerprint density at radius 1 is 0.919 bits per heavy atom. The van der Waals surface area contributed by atoms with Gasteiger partial charge in [0, 0.05) is 25.4 Å². The van der Waals surface area contributed by atoms with Gasteiger partial charge >= 0.3 is 0 Å². The molecule has 1 saturated carbocycles. The zero-order valence-corrected chi connectivity index (χ0v) is 48.3. The highest BCUT2D eigenvalue weighted by atomic mass is 35.5. The van der Waals surface area contributed by atoms with Crippen molar-refractivity contribution in [3.05, 3.63) is 110 Å². The Morgan fingerprint density at radius 2 is 1.61 bits per heavy atom. The van der Waals surface area contributed by atoms with E-state index in [2.05, 4.69) is 108 Å². The van der Waals surface area contributed by atoms with Gasteiger partial charge in [-0.3, -0.25) is 23.7 Å². The third-order valence-corrected chi connectivity index (χ3v) is 23.3. The number of nitrogens with one attached hydrogen (secondary N) is 2. The van der Waals surface area contributed by atoms with Crippen LogP contribution in [0.4, 0.5) is 0 Å². The molecule has 3 amide bonds. The molecule has 3 fully saturated rings. The van der Waals surface area contributed by atoms with E-state index < -0.39 is 31.2 Å². The summed E-state index contributed by atoms with van der Waals surface area (Å²) < 4.78 is 9.03. The van der Waals surface area contributed by atoms with Crippen molar-refractivity contribution < 1.29 is 18.8 Å². The van der Waals surface area contributed by atoms with Crippen molar-refractivity contribution in [1.29, 1.82) is 0 Å². The molecular formula is C59H78ClN7O5SSi. The van der Waals surface area contributed by atoms with Crippen LogP contribution in [0.25, 0.3) is 27.0 Å². The maximum atomic E-state index is 15.0. The van der Waals surface area contributed by atoms with Gasteiger partial charge in [0.25, 0.3) is 5.56 Å². The third-order valence-electron chi connectivity index (χ3n) is 17.4. The zero-order valence-electron chi connectivity index (χ0n) is 45.7. The summed E-state index contributed by atoms with van der Waals surface area (Å²) in [6, 6.07) is 18.8. The van der Waals surface area contributed by atoms with Gasteiger partial charge in [-0.05, 0) is 155 Å². The van der Waals surface area contributed by atoms with Crippen molar-refractivity contribution >= 4 is 59.9 Å². The van der Waals surface area contributed by atoms with Gasteiger partial charge in [-0.25, -0.2) is 4.98 Å². The maximum absolute atomic E-state index is 15.0. The maximum Gasteiger partial charge on any atom is 0.282 e. The van der Waals surface area contributed by atoms with E-state index >= 15 is 4.79 Å². The van der Waals surface area contributed by atoms with Crippen LogP contribution in [0.1, 0.15) is 147 Å². The average molecular weight is 1060 g/mol. The fraction of sp³-hybridized carbons (Fsp3) is 0.559. The van der Waals surface area contributed by atoms with Crippen LogP contribution in [0.5, 0.6) is 0 Å². The lowest BCUT2D eigenvalue weighted by atomic mass is 9.79. The van der Waals surface area contributed by atoms with E-state index in [0.29, 0.717) is 35.2 Å². The van der Waals surface area contributed by atoms with Crippen LogP contribution >= 0.6 is 22.9 Å². The Morgan fingerprint density at radius 3 is 2.24 bits per heavy atom. The Hall–Kier alpha value is -4.73. The molecule has 2 saturated heterocycles. The molecule has 12 nitrogen and oxygen atoms in total. The van der Waals surface area contributed by atoms with E-state index in [1.165, 1.54) is 11.1 Å². The first-order valence-electron chi connectivity index (χ1n) is 27.0. The SMILES string of the molecule is Cc1ncsc1-c1ccc([C@H](C)NC(=O)[C@H]2C[C@H](O[Si](C)(C)C(C)(C)C)CN2C(=O)[C@@H](NC(=O)C2CCC(CN3CCC(c4ccc5c(c4)C(C)(C)c4nc(=O)c6c(Cl)cccc6n4-5)CC3)CC2)C(C)(C)C)cc1. The first-order valence-corrected chi connectivity index (χ1v) is 31.2. The standard InChI is InChI=1S/C59H78ClN7O5SSi/c1-35(38-20-22-40(23-21-38)50-36(2)61-34-73-50)62-53(69)48-31-43(72-74(11,12)58(6,7)8)33-66(48)55(71)51(57(3,4)5)63-52(68)41-18-16-37(17-19-41)32-65-28-26-39(27-29-65)42-24-25-46-44(30-42)59(9,10)56-64-54(70)49-45(60)14-13-15-47(49)67(46)56/h13-15,20-25,30,34-35,37,39,41,43,48,51H,16-19,26-29,31-33H2,1-12H3,(H,62,69)(H,63,68)/t35-,37?,41?,43-,48+,51+/m0/s1. The van der Waals surface area contributed by atoms with Gasteiger partial charge in [-0.1, -0.05) is 95.6 Å². The second-order valence-electron chi connectivity index (χ2n) is 25.1. The molecule has 3 aliphatic heterocycles. The molecule has 15 heteroatoms. The lowest BCUT2D eigenvalue weighted by molar-refractivity contribution is -0.144. The summed E-state index contributed by atoms with van der Waals surface area (Å²) in [5, 5.41) is 7.34. The van der Waals surface area contributed by atoms with Crippen LogP contribution in [0.2, 0.25) is 23.2 Å². The lowest BCUT2D eigenvalue weighted by Gasteiger charge is -2.39. The number of benzene rings is 3. The summed E-state index contributed by atoms with van der Waals surface area (Å²) in [6.07, 6.45) is 5.75. The molecule has 0 radical (unpaired) electrons. The minimum absolute atomic E-state index is 0.0503. The van der Waals surface area contributed by atoms with Gasteiger partial charge in [0.15, 0.2) is 8.32 Å². The highest BCUT2D eigenvalue weighted by Crippen LogP contribution is 2.46. The lowest BCUT2D eigenvalue weighted by Crippen LogP contribution is -2.58. The molecule has 396 valence electrons. The molecule has 0 spiro atoms. The second kappa shape index (κ2) is 20.7. The number of nitrogens with zero attached hydrogens (tertiary/aromatic N) is 5. The van der Waals surface area contributed by atoms with Crippen LogP contribution in [-0.2, 0) is 24.2 Å². The number of aryl methyl sites for hydroxylation is 1. The van der Waals surface area contributed by atoms with E-state index in [1.54, 1.807) is 22.3 Å². The first-order chi connectivity index (χ1) is 34.8. The molecule has 4 aliphatic rings. The molecule has 0 bridgehead atoms. The number of likely N-dealkylation sites (tertiary alicyclic amines) is 2. The van der Waals surface area contributed by atoms with Crippen molar-refractivity contribution in [2.24, 2.45) is 17.3 Å². The van der Waals surface area contributed by atoms with E-state index in [-0.39, 0.29) is 46.4 Å². The number of hydrogen-bond acceptors (Lipinski definition) is 9. The Balaban J connectivity index is 0.807. The predicted molar refractivity (Wildman–Crippen MR) is 301 cm³/mol. The zero-order chi connectivity index (χ0) is 53.2. The normalized spacial score (nSPS) is 22.3. The number of rotatable bonds is 12. The number of carbonyl (C=O) groups excluding carboxylic acids is 3. The fourth-order valence-electron chi connectivity index (χ4n) is 11.9. The number of fused-ring (bicyclic) bond motifs is 5. The monoisotopic (exact) mass is 1060 g/mol. The smallest absolute Gasteiger partial charge is 0.282 e. The molecule has 4 atom stereocenters. The quantitative estimate of drug-likeness (QED) is 0.118. The van der Waals surface area contributed by atoms with Crippen LogP contribution in [0.3, 0.4) is 0 Å². The van der Waals surface area contributed by atoms with Crippen LogP contribution in [0, 0.1) is 24.2 Å². The molecule has 2 aromatic heterocycles. The van der Waals surface area contributed by atoms with Gasteiger partial charge in [0.2, 0.25) is 17.7 Å². The van der Waals surface area contributed by atoms with E-state index in [0.717, 1.165) is 96.9 Å². The predicted octanol–water partition coefficient (Wildman–Crippen LogP) is 11.5. The fourth-order valence-corrected chi connectivity index (χ4v) is 14.3. The van der Waals surface area contributed by atoms with Crippen LogP contribution in [-0.4, -0.2) is 94.7 Å². The summed E-state index contributed by atoms with van der Waals surface area (Å²) in [7, 11) is -2.25. The second-order valence-corrected chi connectivity index (χ2v) is 31.1. The Kier molecular flexibility index (Phi) is 15.1. The molecule has 5 heterocycles. The van der Waals surface area contributed by atoms with Crippen molar-refractivity contribution in [3.8, 4) is 16.1 Å². The number of thiazole rings is 1. The first kappa shape index (κ1) is 54.1. The minimum Gasteiger partial charge on any atom is -0.412 e. The number of carbonyl (C=O) groups is 3. The number of amides is 3. The molecule has 3 aromatic carbocycles. The van der Waals surface area contributed by atoms with Gasteiger partial charge in [0.05, 0.1) is 55.3 Å². The Labute approximate surface area is 448 Å². The van der Waals surface area contributed by atoms with Crippen molar-refractivity contribution in [3.63, 3.8) is 0 Å². The van der Waals surface area contributed by atoms with Crippen LogP contribution in [0.15, 0.2) is 71.0 Å². The molecule has 0 unspecified atom stereocenters. The summed E-state index contributed by atoms with van der Waals surface area (Å²) in [5.74, 6) is 1.01. The molecule has 2 N–H and O–H groups in total. The summed E-state index contributed by atoms with van der Waals surface area (Å²) in [4.78, 5) is 71.3. The summed E-state index contributed by atoms with van der Waals surface area (Å²) >= 11 is 8.12. The molecule has 74 heavy (non-hydrogen) atoms. The average Bonchev–Trinajstić information content (AvgIpc) is 4.03. The minimum atomic E-state index is -2.25. The molecule has 5 aromatic rings. The number of aromatic nitrogens is 3. The van der Waals surface area contributed by atoms with E-state index in [4.69, 9.17) is 16.0 Å². The van der Waals surface area contributed by atoms with Gasteiger partial charge in [0.1, 0.15) is 17.9 Å². The largest absolute Gasteiger partial charge is 0.412 e. The van der Waals surface area contributed by atoms with Gasteiger partial charge in [-0.15, -0.1) is 11.3 Å².